The van der Waals surface area contributed by atoms with Crippen LogP contribution in [0.3, 0.4) is 0 Å². The zero-order valence-corrected chi connectivity index (χ0v) is 18.5. The van der Waals surface area contributed by atoms with Gasteiger partial charge < -0.3 is 5.32 Å². The number of rotatable bonds is 8. The van der Waals surface area contributed by atoms with Gasteiger partial charge >= 0.3 is 0 Å². The normalized spacial score (nSPS) is 11.0. The fourth-order valence-corrected chi connectivity index (χ4v) is 3.92. The molecule has 0 aliphatic carbocycles. The zero-order chi connectivity index (χ0) is 21.7. The van der Waals surface area contributed by atoms with Gasteiger partial charge in [-0.1, -0.05) is 43.3 Å². The molecule has 6 nitrogen and oxygen atoms in total. The molecule has 1 N–H and O–H groups in total. The monoisotopic (exact) mass is 422 g/mol. The number of anilines is 1. The van der Waals surface area contributed by atoms with E-state index in [1.807, 2.05) is 37.5 Å². The van der Waals surface area contributed by atoms with Crippen molar-refractivity contribution in [3.8, 4) is 5.69 Å². The lowest BCUT2D eigenvalue weighted by molar-refractivity contribution is -0.116. The number of nitrogens with one attached hydrogen (secondary N) is 1. The highest BCUT2D eigenvalue weighted by Gasteiger charge is 2.13. The standard InChI is InChI=1S/C23H26N4O2S/c1-15(2)11-22(29)25-19-8-6-18(7-9-19)21(28)13-30-23-26-24-14-27(23)20-10-5-16(3)12-17(20)4/h5-10,12,14-15H,11,13H2,1-4H3,(H,25,29). The molecule has 156 valence electrons. The van der Waals surface area contributed by atoms with Crippen molar-refractivity contribution in [2.45, 2.75) is 39.3 Å². The second kappa shape index (κ2) is 9.71. The van der Waals surface area contributed by atoms with Gasteiger partial charge in [-0.25, -0.2) is 0 Å². The summed E-state index contributed by atoms with van der Waals surface area (Å²) in [6.45, 7) is 8.10. The Kier molecular flexibility index (Phi) is 7.05. The number of amides is 1. The van der Waals surface area contributed by atoms with Gasteiger partial charge in [-0.05, 0) is 55.7 Å². The van der Waals surface area contributed by atoms with Crippen molar-refractivity contribution in [2.75, 3.05) is 11.1 Å². The van der Waals surface area contributed by atoms with Crippen LogP contribution < -0.4 is 5.32 Å². The molecule has 0 unspecified atom stereocenters. The van der Waals surface area contributed by atoms with Crippen molar-refractivity contribution in [1.29, 1.82) is 0 Å². The third-order valence-electron chi connectivity index (χ3n) is 4.54. The number of carbonyl (C=O) groups excluding carboxylic acids is 2. The number of hydrogen-bond donors (Lipinski definition) is 1. The molecule has 0 fully saturated rings. The molecule has 3 rings (SSSR count). The maximum atomic E-state index is 12.6. The topological polar surface area (TPSA) is 76.9 Å². The summed E-state index contributed by atoms with van der Waals surface area (Å²) in [6, 6.07) is 13.2. The minimum Gasteiger partial charge on any atom is -0.326 e. The van der Waals surface area contributed by atoms with Gasteiger partial charge in [-0.3, -0.25) is 14.2 Å². The molecule has 1 aromatic heterocycles. The third kappa shape index (κ3) is 5.57. The molecule has 0 saturated carbocycles. The molecule has 2 aromatic carbocycles. The molecule has 0 aliphatic rings. The Bertz CT molecular complexity index is 1040. The second-order valence-corrected chi connectivity index (χ2v) is 8.65. The highest BCUT2D eigenvalue weighted by Crippen LogP contribution is 2.23. The second-order valence-electron chi connectivity index (χ2n) is 7.71. The SMILES string of the molecule is Cc1ccc(-n2cnnc2SCC(=O)c2ccc(NC(=O)CC(C)C)cc2)c(C)c1. The number of ketones is 1. The Morgan fingerprint density at radius 3 is 2.50 bits per heavy atom. The zero-order valence-electron chi connectivity index (χ0n) is 17.7. The number of nitrogens with zero attached hydrogens (tertiary/aromatic N) is 3. The lowest BCUT2D eigenvalue weighted by atomic mass is 10.1. The van der Waals surface area contributed by atoms with Crippen molar-refractivity contribution in [1.82, 2.24) is 14.8 Å². The summed E-state index contributed by atoms with van der Waals surface area (Å²) >= 11 is 1.36. The van der Waals surface area contributed by atoms with Crippen LogP contribution in [0.1, 0.15) is 41.8 Å². The summed E-state index contributed by atoms with van der Waals surface area (Å²) in [7, 11) is 0. The van der Waals surface area contributed by atoms with Gasteiger partial charge in [0.05, 0.1) is 11.4 Å². The van der Waals surface area contributed by atoms with E-state index >= 15 is 0 Å². The largest absolute Gasteiger partial charge is 0.326 e. The van der Waals surface area contributed by atoms with Crippen molar-refractivity contribution in [3.05, 3.63) is 65.5 Å². The van der Waals surface area contributed by atoms with Crippen molar-refractivity contribution in [3.63, 3.8) is 0 Å². The van der Waals surface area contributed by atoms with E-state index in [0.29, 0.717) is 28.7 Å². The van der Waals surface area contributed by atoms with Crippen LogP contribution in [0.25, 0.3) is 5.69 Å². The Hall–Kier alpha value is -2.93. The molecule has 0 aliphatic heterocycles. The number of carbonyl (C=O) groups is 2. The third-order valence-corrected chi connectivity index (χ3v) is 5.49. The first-order valence-corrected chi connectivity index (χ1v) is 10.9. The van der Waals surface area contributed by atoms with Gasteiger partial charge in [-0.15, -0.1) is 10.2 Å². The van der Waals surface area contributed by atoms with Gasteiger partial charge in [-0.2, -0.15) is 0 Å². The first kappa shape index (κ1) is 21.8. The first-order valence-electron chi connectivity index (χ1n) is 9.87. The Balaban J connectivity index is 1.63. The Labute approximate surface area is 181 Å². The smallest absolute Gasteiger partial charge is 0.224 e. The van der Waals surface area contributed by atoms with E-state index in [9.17, 15) is 9.59 Å². The number of aryl methyl sites for hydroxylation is 2. The van der Waals surface area contributed by atoms with Crippen LogP contribution in [0.4, 0.5) is 5.69 Å². The highest BCUT2D eigenvalue weighted by molar-refractivity contribution is 7.99. The molecular formula is C23H26N4O2S. The van der Waals surface area contributed by atoms with E-state index in [-0.39, 0.29) is 17.4 Å². The summed E-state index contributed by atoms with van der Waals surface area (Å²) < 4.78 is 1.90. The Morgan fingerprint density at radius 1 is 1.10 bits per heavy atom. The lowest BCUT2D eigenvalue weighted by Gasteiger charge is -2.10. The van der Waals surface area contributed by atoms with E-state index in [1.54, 1.807) is 30.6 Å². The van der Waals surface area contributed by atoms with Gasteiger partial charge in [0.1, 0.15) is 6.33 Å². The lowest BCUT2D eigenvalue weighted by Crippen LogP contribution is -2.14. The molecule has 0 atom stereocenters. The predicted molar refractivity (Wildman–Crippen MR) is 120 cm³/mol. The quantitative estimate of drug-likeness (QED) is 0.415. The number of Topliss-reactive ketones (excluding diaryl/α,β-unsaturated/α-hetero) is 1. The summed E-state index contributed by atoms with van der Waals surface area (Å²) in [5.74, 6) is 0.525. The fraction of sp³-hybridized carbons (Fsp3) is 0.304. The molecule has 0 bridgehead atoms. The van der Waals surface area contributed by atoms with Crippen LogP contribution >= 0.6 is 11.8 Å². The molecule has 7 heteroatoms. The molecule has 30 heavy (non-hydrogen) atoms. The van der Waals surface area contributed by atoms with Crippen LogP contribution in [0, 0.1) is 19.8 Å². The van der Waals surface area contributed by atoms with Crippen LogP contribution in [-0.4, -0.2) is 32.2 Å². The van der Waals surface area contributed by atoms with Crippen molar-refractivity contribution >= 4 is 29.1 Å². The number of hydrogen-bond acceptors (Lipinski definition) is 5. The summed E-state index contributed by atoms with van der Waals surface area (Å²) in [5, 5.41) is 11.7. The van der Waals surface area contributed by atoms with Gasteiger partial charge in [0.15, 0.2) is 10.9 Å². The van der Waals surface area contributed by atoms with E-state index in [4.69, 9.17) is 0 Å². The fourth-order valence-electron chi connectivity index (χ4n) is 3.10. The van der Waals surface area contributed by atoms with E-state index < -0.39 is 0 Å². The van der Waals surface area contributed by atoms with Gasteiger partial charge in [0, 0.05) is 17.7 Å². The summed E-state index contributed by atoms with van der Waals surface area (Å²) in [5.41, 5.74) is 4.61. The average molecular weight is 423 g/mol. The van der Waals surface area contributed by atoms with Crippen LogP contribution in [0.5, 0.6) is 0 Å². The molecule has 0 spiro atoms. The highest BCUT2D eigenvalue weighted by atomic mass is 32.2. The minimum atomic E-state index is -0.0228. The van der Waals surface area contributed by atoms with E-state index in [1.165, 1.54) is 17.3 Å². The molecular weight excluding hydrogens is 396 g/mol. The maximum absolute atomic E-state index is 12.6. The number of thioether (sulfide) groups is 1. The molecule has 0 saturated heterocycles. The number of aromatic nitrogens is 3. The maximum Gasteiger partial charge on any atom is 0.224 e. The van der Waals surface area contributed by atoms with Gasteiger partial charge in [0.25, 0.3) is 0 Å². The molecule has 1 heterocycles. The van der Waals surface area contributed by atoms with Crippen LogP contribution in [-0.2, 0) is 4.79 Å². The summed E-state index contributed by atoms with van der Waals surface area (Å²) in [4.78, 5) is 24.5. The minimum absolute atomic E-state index is 0.00441. The molecule has 3 aromatic rings. The van der Waals surface area contributed by atoms with Crippen LogP contribution in [0.15, 0.2) is 53.9 Å². The van der Waals surface area contributed by atoms with E-state index in [0.717, 1.165) is 11.3 Å². The Morgan fingerprint density at radius 2 is 1.83 bits per heavy atom. The van der Waals surface area contributed by atoms with Gasteiger partial charge in [0.2, 0.25) is 5.91 Å². The molecule has 0 radical (unpaired) electrons. The predicted octanol–water partition coefficient (Wildman–Crippen LogP) is 4.84. The van der Waals surface area contributed by atoms with Crippen molar-refractivity contribution in [2.24, 2.45) is 5.92 Å². The molecule has 1 amide bonds. The first-order chi connectivity index (χ1) is 14.3. The average Bonchev–Trinajstić information content (AvgIpc) is 3.14. The number of benzene rings is 2. The summed E-state index contributed by atoms with van der Waals surface area (Å²) in [6.07, 6.45) is 2.14. The van der Waals surface area contributed by atoms with Crippen molar-refractivity contribution < 1.29 is 9.59 Å². The van der Waals surface area contributed by atoms with E-state index in [2.05, 4.69) is 28.5 Å². The van der Waals surface area contributed by atoms with Crippen LogP contribution in [0.2, 0.25) is 0 Å².